The highest BCUT2D eigenvalue weighted by Crippen LogP contribution is 2.18. The molecule has 0 unspecified atom stereocenters. The van der Waals surface area contributed by atoms with Gasteiger partial charge in [0.1, 0.15) is 0 Å². The molecule has 0 spiro atoms. The minimum absolute atomic E-state index is 0.0633. The molecular weight excluding hydrogens is 256 g/mol. The van der Waals surface area contributed by atoms with Crippen molar-refractivity contribution in [1.29, 1.82) is 0 Å². The highest BCUT2D eigenvalue weighted by atomic mass is 32.1. The van der Waals surface area contributed by atoms with E-state index in [1.165, 1.54) is 4.88 Å². The molecule has 0 amide bonds. The molecule has 0 aromatic carbocycles. The SMILES string of the molecule is CCc1ccc(C(=O)/C=C/c2cn(CC)nc2C)s1. The predicted octanol–water partition coefficient (Wildman–Crippen LogP) is 3.73. The van der Waals surface area contributed by atoms with Crippen LogP contribution in [-0.4, -0.2) is 15.6 Å². The first-order valence-electron chi connectivity index (χ1n) is 6.49. The second-order valence-corrected chi connectivity index (χ2v) is 5.51. The zero-order valence-electron chi connectivity index (χ0n) is 11.5. The summed E-state index contributed by atoms with van der Waals surface area (Å²) in [4.78, 5) is 14.1. The smallest absolute Gasteiger partial charge is 0.195 e. The van der Waals surface area contributed by atoms with Gasteiger partial charge in [-0.3, -0.25) is 9.48 Å². The highest BCUT2D eigenvalue weighted by Gasteiger charge is 2.06. The Morgan fingerprint density at radius 1 is 1.42 bits per heavy atom. The van der Waals surface area contributed by atoms with Crippen molar-refractivity contribution in [2.45, 2.75) is 33.7 Å². The van der Waals surface area contributed by atoms with Crippen LogP contribution in [0.5, 0.6) is 0 Å². The Labute approximate surface area is 117 Å². The fourth-order valence-electron chi connectivity index (χ4n) is 1.81. The Hall–Kier alpha value is -1.68. The summed E-state index contributed by atoms with van der Waals surface area (Å²) >= 11 is 1.57. The molecule has 2 aromatic heterocycles. The first kappa shape index (κ1) is 13.7. The standard InChI is InChI=1S/C15H18N2OS/c1-4-13-7-9-15(19-13)14(18)8-6-12-10-17(5-2)16-11(12)3/h6-10H,4-5H2,1-3H3/b8-6+. The van der Waals surface area contributed by atoms with E-state index in [1.807, 2.05) is 42.9 Å². The number of aromatic nitrogens is 2. The second-order valence-electron chi connectivity index (χ2n) is 4.34. The number of aryl methyl sites for hydroxylation is 3. The number of carbonyl (C=O) groups excluding carboxylic acids is 1. The Morgan fingerprint density at radius 3 is 2.79 bits per heavy atom. The normalized spacial score (nSPS) is 11.3. The van der Waals surface area contributed by atoms with Crippen LogP contribution in [0.4, 0.5) is 0 Å². The molecule has 0 N–H and O–H groups in total. The molecule has 19 heavy (non-hydrogen) atoms. The van der Waals surface area contributed by atoms with Crippen molar-refractivity contribution in [3.63, 3.8) is 0 Å². The van der Waals surface area contributed by atoms with E-state index in [1.54, 1.807) is 17.4 Å². The predicted molar refractivity (Wildman–Crippen MR) is 79.7 cm³/mol. The lowest BCUT2D eigenvalue weighted by Gasteiger charge is -1.90. The van der Waals surface area contributed by atoms with Crippen LogP contribution in [0.3, 0.4) is 0 Å². The van der Waals surface area contributed by atoms with Gasteiger partial charge in [-0.15, -0.1) is 11.3 Å². The van der Waals surface area contributed by atoms with Crippen LogP contribution >= 0.6 is 11.3 Å². The second kappa shape index (κ2) is 5.97. The topological polar surface area (TPSA) is 34.9 Å². The number of carbonyl (C=O) groups is 1. The van der Waals surface area contributed by atoms with Crippen LogP contribution in [0, 0.1) is 6.92 Å². The molecule has 0 bridgehead atoms. The molecule has 0 aliphatic heterocycles. The van der Waals surface area contributed by atoms with Gasteiger partial charge in [0.15, 0.2) is 5.78 Å². The monoisotopic (exact) mass is 274 g/mol. The highest BCUT2D eigenvalue weighted by molar-refractivity contribution is 7.14. The van der Waals surface area contributed by atoms with Gasteiger partial charge in [0.05, 0.1) is 10.6 Å². The lowest BCUT2D eigenvalue weighted by Crippen LogP contribution is -1.93. The summed E-state index contributed by atoms with van der Waals surface area (Å²) in [6, 6.07) is 3.92. The summed E-state index contributed by atoms with van der Waals surface area (Å²) in [6.45, 7) is 6.94. The Bertz CT molecular complexity index is 607. The molecule has 4 heteroatoms. The number of ketones is 1. The number of hydrogen-bond donors (Lipinski definition) is 0. The largest absolute Gasteiger partial charge is 0.288 e. The summed E-state index contributed by atoms with van der Waals surface area (Å²) in [5.41, 5.74) is 1.95. The van der Waals surface area contributed by atoms with E-state index >= 15 is 0 Å². The Balaban J connectivity index is 2.13. The molecule has 0 aliphatic carbocycles. The minimum Gasteiger partial charge on any atom is -0.288 e. The van der Waals surface area contributed by atoms with Crippen LogP contribution in [0.2, 0.25) is 0 Å². The van der Waals surface area contributed by atoms with E-state index in [9.17, 15) is 4.79 Å². The maximum Gasteiger partial charge on any atom is 0.195 e. The number of thiophene rings is 1. The number of allylic oxidation sites excluding steroid dienone is 1. The van der Waals surface area contributed by atoms with Gasteiger partial charge in [0.25, 0.3) is 0 Å². The van der Waals surface area contributed by atoms with Crippen molar-refractivity contribution in [1.82, 2.24) is 9.78 Å². The molecule has 2 heterocycles. The maximum atomic E-state index is 12.0. The molecule has 0 aliphatic rings. The summed E-state index contributed by atoms with van der Waals surface area (Å²) in [5.74, 6) is 0.0633. The van der Waals surface area contributed by atoms with Gasteiger partial charge in [-0.2, -0.15) is 5.10 Å². The van der Waals surface area contributed by atoms with E-state index in [2.05, 4.69) is 12.0 Å². The van der Waals surface area contributed by atoms with Crippen LogP contribution in [0.15, 0.2) is 24.4 Å². The van der Waals surface area contributed by atoms with Crippen LogP contribution in [-0.2, 0) is 13.0 Å². The van der Waals surface area contributed by atoms with Gasteiger partial charge >= 0.3 is 0 Å². The van der Waals surface area contributed by atoms with Crippen molar-refractivity contribution in [3.8, 4) is 0 Å². The summed E-state index contributed by atoms with van der Waals surface area (Å²) < 4.78 is 1.87. The molecule has 0 saturated heterocycles. The molecule has 100 valence electrons. The van der Waals surface area contributed by atoms with Gasteiger partial charge in [0.2, 0.25) is 0 Å². The average Bonchev–Trinajstić information content (AvgIpc) is 3.02. The summed E-state index contributed by atoms with van der Waals surface area (Å²) in [5, 5.41) is 4.35. The van der Waals surface area contributed by atoms with Crippen molar-refractivity contribution in [3.05, 3.63) is 45.4 Å². The summed E-state index contributed by atoms with van der Waals surface area (Å²) in [6.07, 6.45) is 6.42. The van der Waals surface area contributed by atoms with Gasteiger partial charge < -0.3 is 0 Å². The number of rotatable bonds is 5. The fourth-order valence-corrected chi connectivity index (χ4v) is 2.67. The molecular formula is C15H18N2OS. The van der Waals surface area contributed by atoms with Crippen LogP contribution < -0.4 is 0 Å². The van der Waals surface area contributed by atoms with Gasteiger partial charge in [-0.05, 0) is 44.6 Å². The third-order valence-corrected chi connectivity index (χ3v) is 4.22. The molecule has 0 radical (unpaired) electrons. The third-order valence-electron chi connectivity index (χ3n) is 2.98. The molecule has 0 atom stereocenters. The van der Waals surface area contributed by atoms with Crippen LogP contribution in [0.25, 0.3) is 6.08 Å². The van der Waals surface area contributed by atoms with Crippen molar-refractivity contribution < 1.29 is 4.79 Å². The first-order chi connectivity index (χ1) is 9.13. The minimum atomic E-state index is 0.0633. The van der Waals surface area contributed by atoms with E-state index in [-0.39, 0.29) is 5.78 Å². The van der Waals surface area contributed by atoms with E-state index in [0.717, 1.165) is 29.1 Å². The Kier molecular flexibility index (Phi) is 4.32. The zero-order chi connectivity index (χ0) is 13.8. The molecule has 2 aromatic rings. The summed E-state index contributed by atoms with van der Waals surface area (Å²) in [7, 11) is 0. The molecule has 0 saturated carbocycles. The van der Waals surface area contributed by atoms with Crippen molar-refractivity contribution in [2.24, 2.45) is 0 Å². The average molecular weight is 274 g/mol. The van der Waals surface area contributed by atoms with Crippen molar-refractivity contribution >= 4 is 23.2 Å². The quantitative estimate of drug-likeness (QED) is 0.615. The van der Waals surface area contributed by atoms with E-state index < -0.39 is 0 Å². The number of nitrogens with zero attached hydrogens (tertiary/aromatic N) is 2. The third kappa shape index (κ3) is 3.20. The zero-order valence-corrected chi connectivity index (χ0v) is 12.3. The fraction of sp³-hybridized carbons (Fsp3) is 0.333. The lowest BCUT2D eigenvalue weighted by atomic mass is 10.2. The molecule has 2 rings (SSSR count). The maximum absolute atomic E-state index is 12.0. The van der Waals surface area contributed by atoms with E-state index in [0.29, 0.717) is 0 Å². The van der Waals surface area contributed by atoms with Crippen LogP contribution in [0.1, 0.15) is 39.7 Å². The number of hydrogen-bond acceptors (Lipinski definition) is 3. The Morgan fingerprint density at radius 2 is 2.21 bits per heavy atom. The van der Waals surface area contributed by atoms with Gasteiger partial charge in [-0.25, -0.2) is 0 Å². The molecule has 3 nitrogen and oxygen atoms in total. The van der Waals surface area contributed by atoms with Gasteiger partial charge in [-0.1, -0.05) is 6.92 Å². The first-order valence-corrected chi connectivity index (χ1v) is 7.30. The molecule has 0 fully saturated rings. The van der Waals surface area contributed by atoms with Gasteiger partial charge in [0, 0.05) is 23.2 Å². The lowest BCUT2D eigenvalue weighted by molar-refractivity contribution is 0.105. The van der Waals surface area contributed by atoms with Crippen molar-refractivity contribution in [2.75, 3.05) is 0 Å². The van der Waals surface area contributed by atoms with E-state index in [4.69, 9.17) is 0 Å².